The summed E-state index contributed by atoms with van der Waals surface area (Å²) < 4.78 is 0.826. The first-order valence-electron chi connectivity index (χ1n) is 5.72. The zero-order valence-electron chi connectivity index (χ0n) is 9.65. The predicted octanol–water partition coefficient (Wildman–Crippen LogP) is 2.90. The van der Waals surface area contributed by atoms with Gasteiger partial charge in [-0.2, -0.15) is 0 Å². The fourth-order valence-electron chi connectivity index (χ4n) is 2.06. The second kappa shape index (κ2) is 5.14. The van der Waals surface area contributed by atoms with Crippen molar-refractivity contribution in [3.05, 3.63) is 38.3 Å². The van der Waals surface area contributed by atoms with Gasteiger partial charge in [0.1, 0.15) is 0 Å². The van der Waals surface area contributed by atoms with Crippen LogP contribution in [0.5, 0.6) is 0 Å². The molecule has 0 radical (unpaired) electrons. The highest BCUT2D eigenvalue weighted by Gasteiger charge is 2.30. The van der Waals surface area contributed by atoms with Gasteiger partial charge in [0.25, 0.3) is 5.69 Å². The van der Waals surface area contributed by atoms with Crippen LogP contribution in [0.25, 0.3) is 0 Å². The molecule has 5 heteroatoms. The molecular weight excluding hydrogens is 284 g/mol. The molecule has 0 aliphatic heterocycles. The summed E-state index contributed by atoms with van der Waals surface area (Å²) in [6.45, 7) is 0. The van der Waals surface area contributed by atoms with E-state index in [1.807, 2.05) is 13.1 Å². The lowest BCUT2D eigenvalue weighted by Gasteiger charge is -2.16. The van der Waals surface area contributed by atoms with E-state index in [9.17, 15) is 10.1 Å². The van der Waals surface area contributed by atoms with Gasteiger partial charge in [0, 0.05) is 22.6 Å². The van der Waals surface area contributed by atoms with E-state index < -0.39 is 0 Å². The van der Waals surface area contributed by atoms with Crippen LogP contribution in [0.3, 0.4) is 0 Å². The van der Waals surface area contributed by atoms with Crippen molar-refractivity contribution < 1.29 is 4.92 Å². The van der Waals surface area contributed by atoms with Crippen molar-refractivity contribution in [1.29, 1.82) is 0 Å². The molecule has 1 saturated carbocycles. The quantitative estimate of drug-likeness (QED) is 0.672. The third kappa shape index (κ3) is 3.04. The van der Waals surface area contributed by atoms with E-state index in [2.05, 4.69) is 21.2 Å². The summed E-state index contributed by atoms with van der Waals surface area (Å²) in [5.41, 5.74) is 1.26. The van der Waals surface area contributed by atoms with Crippen LogP contribution in [0.4, 0.5) is 5.69 Å². The smallest absolute Gasteiger partial charge is 0.270 e. The van der Waals surface area contributed by atoms with Gasteiger partial charge in [-0.25, -0.2) is 0 Å². The Bertz CT molecular complexity index is 433. The average molecular weight is 299 g/mol. The molecule has 1 unspecified atom stereocenters. The minimum absolute atomic E-state index is 0.132. The first-order chi connectivity index (χ1) is 8.11. The summed E-state index contributed by atoms with van der Waals surface area (Å²) >= 11 is 3.41. The summed E-state index contributed by atoms with van der Waals surface area (Å²) in [4.78, 5) is 10.3. The van der Waals surface area contributed by atoms with Crippen LogP contribution in [-0.2, 0) is 6.42 Å². The lowest BCUT2D eigenvalue weighted by atomic mass is 10.0. The Morgan fingerprint density at radius 1 is 1.59 bits per heavy atom. The molecule has 0 spiro atoms. The van der Waals surface area contributed by atoms with E-state index >= 15 is 0 Å². The molecule has 1 aliphatic carbocycles. The number of halogens is 1. The van der Waals surface area contributed by atoms with Crippen molar-refractivity contribution >= 4 is 21.6 Å². The molecule has 1 aromatic carbocycles. The summed E-state index contributed by atoms with van der Waals surface area (Å²) in [7, 11) is 1.97. The van der Waals surface area contributed by atoms with Crippen molar-refractivity contribution in [2.75, 3.05) is 7.05 Å². The molecule has 92 valence electrons. The van der Waals surface area contributed by atoms with E-state index in [0.29, 0.717) is 6.04 Å². The van der Waals surface area contributed by atoms with Gasteiger partial charge < -0.3 is 5.32 Å². The second-order valence-electron chi connectivity index (χ2n) is 4.47. The van der Waals surface area contributed by atoms with Gasteiger partial charge in [0.05, 0.1) is 4.92 Å². The van der Waals surface area contributed by atoms with Crippen LogP contribution in [0.2, 0.25) is 0 Å². The lowest BCUT2D eigenvalue weighted by molar-refractivity contribution is -0.384. The highest BCUT2D eigenvalue weighted by molar-refractivity contribution is 9.10. The first kappa shape index (κ1) is 12.5. The molecule has 0 aromatic heterocycles. The number of nitro benzene ring substituents is 1. The van der Waals surface area contributed by atoms with Gasteiger partial charge in [-0.15, -0.1) is 0 Å². The van der Waals surface area contributed by atoms with E-state index in [-0.39, 0.29) is 10.6 Å². The van der Waals surface area contributed by atoms with E-state index in [1.54, 1.807) is 12.1 Å². The summed E-state index contributed by atoms with van der Waals surface area (Å²) in [6, 6.07) is 5.47. The van der Waals surface area contributed by atoms with Crippen molar-refractivity contribution in [2.24, 2.45) is 5.92 Å². The molecule has 17 heavy (non-hydrogen) atoms. The third-order valence-corrected chi connectivity index (χ3v) is 3.99. The maximum Gasteiger partial charge on any atom is 0.270 e. The van der Waals surface area contributed by atoms with Gasteiger partial charge in [-0.1, -0.05) is 22.0 Å². The number of nitrogens with zero attached hydrogens (tertiary/aromatic N) is 1. The minimum atomic E-state index is -0.370. The van der Waals surface area contributed by atoms with E-state index in [0.717, 1.165) is 22.4 Å². The zero-order chi connectivity index (χ0) is 12.4. The van der Waals surface area contributed by atoms with Gasteiger partial charge >= 0.3 is 0 Å². The highest BCUT2D eigenvalue weighted by Crippen LogP contribution is 2.35. The molecule has 0 amide bonds. The molecule has 1 atom stereocenters. The summed E-state index contributed by atoms with van der Waals surface area (Å²) in [6.07, 6.45) is 3.49. The molecule has 1 N–H and O–H groups in total. The molecule has 0 saturated heterocycles. The molecule has 0 bridgehead atoms. The highest BCUT2D eigenvalue weighted by atomic mass is 79.9. The number of non-ortho nitro benzene ring substituents is 1. The first-order valence-corrected chi connectivity index (χ1v) is 6.51. The standard InChI is InChI=1S/C12H15BrN2O2/c1-14-12(8-2-3-8)6-9-4-5-10(15(16)17)7-11(9)13/h4-5,7-8,12,14H,2-3,6H2,1H3. The van der Waals surface area contributed by atoms with Crippen LogP contribution >= 0.6 is 15.9 Å². The van der Waals surface area contributed by atoms with Gasteiger partial charge in [-0.05, 0) is 37.8 Å². The number of hydrogen-bond donors (Lipinski definition) is 1. The van der Waals surface area contributed by atoms with Crippen LogP contribution in [0.15, 0.2) is 22.7 Å². The van der Waals surface area contributed by atoms with Crippen molar-refractivity contribution in [3.63, 3.8) is 0 Å². The van der Waals surface area contributed by atoms with Crippen LogP contribution in [-0.4, -0.2) is 18.0 Å². The normalized spacial score (nSPS) is 16.8. The Morgan fingerprint density at radius 3 is 2.76 bits per heavy atom. The Hall–Kier alpha value is -0.940. The molecule has 0 heterocycles. The second-order valence-corrected chi connectivity index (χ2v) is 5.32. The average Bonchev–Trinajstić information content (AvgIpc) is 3.11. The van der Waals surface area contributed by atoms with Crippen molar-refractivity contribution in [3.8, 4) is 0 Å². The fourth-order valence-corrected chi connectivity index (χ4v) is 2.58. The number of nitro groups is 1. The Balaban J connectivity index is 2.12. The third-order valence-electron chi connectivity index (χ3n) is 3.25. The van der Waals surface area contributed by atoms with Gasteiger partial charge in [0.15, 0.2) is 0 Å². The van der Waals surface area contributed by atoms with E-state index in [1.165, 1.54) is 12.8 Å². The van der Waals surface area contributed by atoms with Crippen molar-refractivity contribution in [1.82, 2.24) is 5.32 Å². The maximum atomic E-state index is 10.6. The number of rotatable bonds is 5. The van der Waals surface area contributed by atoms with Crippen LogP contribution < -0.4 is 5.32 Å². The SMILES string of the molecule is CNC(Cc1ccc([N+](=O)[O-])cc1Br)C1CC1. The lowest BCUT2D eigenvalue weighted by Crippen LogP contribution is -2.29. The van der Waals surface area contributed by atoms with Gasteiger partial charge in [0.2, 0.25) is 0 Å². The molecule has 4 nitrogen and oxygen atoms in total. The van der Waals surface area contributed by atoms with E-state index in [4.69, 9.17) is 0 Å². The number of likely N-dealkylation sites (N-methyl/N-ethyl adjacent to an activating group) is 1. The summed E-state index contributed by atoms with van der Waals surface area (Å²) in [5.74, 6) is 0.766. The van der Waals surface area contributed by atoms with Gasteiger partial charge in [-0.3, -0.25) is 10.1 Å². The zero-order valence-corrected chi connectivity index (χ0v) is 11.2. The molecular formula is C12H15BrN2O2. The van der Waals surface area contributed by atoms with Crippen molar-refractivity contribution in [2.45, 2.75) is 25.3 Å². The Kier molecular flexibility index (Phi) is 3.79. The Labute approximate surface area is 109 Å². The molecule has 1 aliphatic rings. The van der Waals surface area contributed by atoms with Crippen LogP contribution in [0, 0.1) is 16.0 Å². The summed E-state index contributed by atoms with van der Waals surface area (Å²) in [5, 5.41) is 14.0. The topological polar surface area (TPSA) is 55.2 Å². The Morgan fingerprint density at radius 2 is 2.29 bits per heavy atom. The minimum Gasteiger partial charge on any atom is -0.316 e. The molecule has 2 rings (SSSR count). The fraction of sp³-hybridized carbons (Fsp3) is 0.500. The largest absolute Gasteiger partial charge is 0.316 e. The monoisotopic (exact) mass is 298 g/mol. The predicted molar refractivity (Wildman–Crippen MR) is 70.1 cm³/mol. The number of nitrogens with one attached hydrogen (secondary N) is 1. The maximum absolute atomic E-state index is 10.6. The molecule has 1 fully saturated rings. The van der Waals surface area contributed by atoms with Crippen LogP contribution in [0.1, 0.15) is 18.4 Å². The number of hydrogen-bond acceptors (Lipinski definition) is 3. The number of benzene rings is 1. The molecule has 1 aromatic rings.